The first-order valence-electron chi connectivity index (χ1n) is 23.9. The van der Waals surface area contributed by atoms with Crippen LogP contribution in [-0.4, -0.2) is 173 Å². The minimum atomic E-state index is -1.21. The molecule has 3 rings (SSSR count). The fraction of sp³-hybridized carbons (Fsp3) is 0.647. The second kappa shape index (κ2) is 26.9. The number of nitrogens with zero attached hydrogens (tertiary/aromatic N) is 4. The van der Waals surface area contributed by atoms with Crippen molar-refractivity contribution >= 4 is 80.9 Å². The van der Waals surface area contributed by atoms with Crippen LogP contribution in [0, 0.1) is 7.14 Å². The van der Waals surface area contributed by atoms with Crippen LogP contribution >= 0.6 is 45.2 Å². The van der Waals surface area contributed by atoms with Crippen molar-refractivity contribution in [3.63, 3.8) is 0 Å². The lowest BCUT2D eigenvalue weighted by Crippen LogP contribution is -2.58. The smallest absolute Gasteiger partial charge is 0.329 e. The predicted molar refractivity (Wildman–Crippen MR) is 285 cm³/mol. The first-order chi connectivity index (χ1) is 32.3. The summed E-state index contributed by atoms with van der Waals surface area (Å²) in [6, 6.07) is 10.3. The van der Waals surface area contributed by atoms with E-state index in [4.69, 9.17) is 18.9 Å². The summed E-state index contributed by atoms with van der Waals surface area (Å²) in [5.74, 6) is -3.53. The standard InChI is InChI=1S/C51H78I2N6O11/c1-34(36-17-15-14-16-18-36)45(64)55-40(46(65)54-39(47(66)70-51(11,12)13)29-35-27-37(52)44(63)38(53)28-35)30-56-19-21-57(31-41(60)67-48(2,3)4)23-25-59(33-43(62)69-50(8,9)10)26-24-58(22-20-56)32-42(61)68-49(5,6)7/h14-18,27-28,34,39-40,63H,19-26,29-33H2,1-13H3,(H,54,65)(H,55,64)/t34-,39+,40?/m1/s1. The highest BCUT2D eigenvalue weighted by Crippen LogP contribution is 2.28. The molecule has 1 aliphatic rings. The van der Waals surface area contributed by atoms with Crippen LogP contribution < -0.4 is 10.6 Å². The van der Waals surface area contributed by atoms with E-state index >= 15 is 0 Å². The van der Waals surface area contributed by atoms with Gasteiger partial charge in [0.15, 0.2) is 0 Å². The van der Waals surface area contributed by atoms with E-state index in [0.29, 0.717) is 65.1 Å². The molecule has 392 valence electrons. The molecule has 2 amide bonds. The Morgan fingerprint density at radius 3 is 1.29 bits per heavy atom. The Hall–Kier alpha value is -3.64. The van der Waals surface area contributed by atoms with E-state index in [-0.39, 0.29) is 38.3 Å². The lowest BCUT2D eigenvalue weighted by atomic mass is 10.00. The van der Waals surface area contributed by atoms with Gasteiger partial charge in [-0.3, -0.25) is 43.6 Å². The summed E-state index contributed by atoms with van der Waals surface area (Å²) in [7, 11) is 0. The molecule has 1 aliphatic heterocycles. The minimum absolute atomic E-state index is 0.0165. The summed E-state index contributed by atoms with van der Waals surface area (Å²) in [5.41, 5.74) is -1.65. The topological polar surface area (TPSA) is 197 Å². The van der Waals surface area contributed by atoms with E-state index in [1.165, 1.54) is 0 Å². The van der Waals surface area contributed by atoms with Gasteiger partial charge in [-0.05, 0) is 158 Å². The molecule has 70 heavy (non-hydrogen) atoms. The van der Waals surface area contributed by atoms with Crippen LogP contribution in [0.15, 0.2) is 42.5 Å². The minimum Gasteiger partial charge on any atom is -0.506 e. The van der Waals surface area contributed by atoms with Gasteiger partial charge in [0.2, 0.25) is 11.8 Å². The number of amides is 2. The van der Waals surface area contributed by atoms with Crippen molar-refractivity contribution in [2.45, 2.75) is 137 Å². The molecule has 3 N–H and O–H groups in total. The van der Waals surface area contributed by atoms with Gasteiger partial charge in [-0.25, -0.2) is 4.79 Å². The van der Waals surface area contributed by atoms with Crippen LogP contribution in [0.25, 0.3) is 0 Å². The van der Waals surface area contributed by atoms with Crippen molar-refractivity contribution in [2.24, 2.45) is 0 Å². The largest absolute Gasteiger partial charge is 0.506 e. The zero-order chi connectivity index (χ0) is 52.8. The van der Waals surface area contributed by atoms with Gasteiger partial charge >= 0.3 is 23.9 Å². The van der Waals surface area contributed by atoms with E-state index < -0.39 is 76.1 Å². The normalized spacial score (nSPS) is 16.9. The molecule has 1 saturated heterocycles. The Bertz CT molecular complexity index is 2010. The molecule has 2 aromatic carbocycles. The average Bonchev–Trinajstić information content (AvgIpc) is 3.20. The SMILES string of the molecule is C[C@@H](C(=O)NC(CN1CCN(CC(=O)OC(C)(C)C)CCN(CC(=O)OC(C)(C)C)CCN(CC(=O)OC(C)(C)C)CC1)C(=O)N[C@@H](Cc1cc(I)c(O)c(I)c1)C(=O)OC(C)(C)C)c1ccccc1. The van der Waals surface area contributed by atoms with Crippen molar-refractivity contribution in [3.05, 3.63) is 60.7 Å². The van der Waals surface area contributed by atoms with Crippen LogP contribution in [0.5, 0.6) is 5.75 Å². The van der Waals surface area contributed by atoms with Crippen LogP contribution in [0.1, 0.15) is 107 Å². The molecule has 0 radical (unpaired) electrons. The second-order valence-corrected chi connectivity index (χ2v) is 24.1. The van der Waals surface area contributed by atoms with Gasteiger partial charge in [0, 0.05) is 65.3 Å². The maximum Gasteiger partial charge on any atom is 0.329 e. The number of hydrogen-bond donors (Lipinski definition) is 3. The van der Waals surface area contributed by atoms with Gasteiger partial charge in [0.05, 0.1) is 32.7 Å². The molecule has 0 saturated carbocycles. The van der Waals surface area contributed by atoms with Gasteiger partial charge in [-0.2, -0.15) is 0 Å². The number of carbonyl (C=O) groups excluding carboxylic acids is 6. The first kappa shape index (κ1) is 60.7. The lowest BCUT2D eigenvalue weighted by Gasteiger charge is -2.35. The zero-order valence-corrected chi connectivity index (χ0v) is 47.9. The summed E-state index contributed by atoms with van der Waals surface area (Å²) in [5, 5.41) is 16.4. The average molecular weight is 1210 g/mol. The summed E-state index contributed by atoms with van der Waals surface area (Å²) in [4.78, 5) is 90.7. The van der Waals surface area contributed by atoms with Crippen molar-refractivity contribution < 1.29 is 52.8 Å². The Balaban J connectivity index is 2.10. The molecular formula is C51H78I2N6O11. The third-order valence-corrected chi connectivity index (χ3v) is 12.2. The first-order valence-corrected chi connectivity index (χ1v) is 26.0. The number of ether oxygens (including phenoxy) is 4. The molecule has 2 aromatic rings. The highest BCUT2D eigenvalue weighted by molar-refractivity contribution is 14.1. The third kappa shape index (κ3) is 23.7. The Morgan fingerprint density at radius 2 is 0.914 bits per heavy atom. The number of carbonyl (C=O) groups is 6. The number of halogens is 2. The summed E-state index contributed by atoms with van der Waals surface area (Å²) < 4.78 is 24.1. The van der Waals surface area contributed by atoms with Gasteiger partial charge in [0.1, 0.15) is 40.2 Å². The number of benzene rings is 2. The fourth-order valence-corrected chi connectivity index (χ4v) is 9.25. The highest BCUT2D eigenvalue weighted by Gasteiger charge is 2.34. The fourth-order valence-electron chi connectivity index (χ4n) is 7.36. The molecule has 0 bridgehead atoms. The van der Waals surface area contributed by atoms with Crippen LogP contribution in [0.3, 0.4) is 0 Å². The third-order valence-electron chi connectivity index (χ3n) is 10.5. The Labute approximate surface area is 443 Å². The Morgan fingerprint density at radius 1 is 0.557 bits per heavy atom. The van der Waals surface area contributed by atoms with E-state index in [2.05, 4.69) is 10.6 Å². The zero-order valence-electron chi connectivity index (χ0n) is 43.5. The number of hydrogen-bond acceptors (Lipinski definition) is 15. The number of phenols is 1. The van der Waals surface area contributed by atoms with Crippen molar-refractivity contribution in [1.29, 1.82) is 0 Å². The van der Waals surface area contributed by atoms with Crippen molar-refractivity contribution in [2.75, 3.05) is 78.5 Å². The molecule has 19 heteroatoms. The molecule has 1 fully saturated rings. The van der Waals surface area contributed by atoms with E-state index in [1.807, 2.05) is 95.1 Å². The number of rotatable bonds is 16. The molecule has 0 spiro atoms. The van der Waals surface area contributed by atoms with E-state index in [1.54, 1.807) is 102 Å². The van der Waals surface area contributed by atoms with Gasteiger partial charge in [0.25, 0.3) is 0 Å². The molecule has 0 aromatic heterocycles. The van der Waals surface area contributed by atoms with Crippen LogP contribution in [-0.2, 0) is 54.1 Å². The maximum atomic E-state index is 14.9. The van der Waals surface area contributed by atoms with Gasteiger partial charge in [-0.1, -0.05) is 30.3 Å². The monoisotopic (exact) mass is 1200 g/mol. The summed E-state index contributed by atoms with van der Waals surface area (Å²) in [6.07, 6.45) is 0.0297. The number of esters is 4. The van der Waals surface area contributed by atoms with Crippen LogP contribution in [0.2, 0.25) is 0 Å². The van der Waals surface area contributed by atoms with E-state index in [0.717, 1.165) is 5.56 Å². The number of nitrogens with one attached hydrogen (secondary N) is 2. The lowest BCUT2D eigenvalue weighted by molar-refractivity contribution is -0.159. The molecule has 17 nitrogen and oxygen atoms in total. The maximum absolute atomic E-state index is 14.9. The van der Waals surface area contributed by atoms with Crippen LogP contribution in [0.4, 0.5) is 0 Å². The van der Waals surface area contributed by atoms with Gasteiger partial charge in [-0.15, -0.1) is 0 Å². The second-order valence-electron chi connectivity index (χ2n) is 21.8. The van der Waals surface area contributed by atoms with E-state index in [9.17, 15) is 33.9 Å². The van der Waals surface area contributed by atoms with Gasteiger partial charge < -0.3 is 34.7 Å². The molecule has 1 heterocycles. The molecule has 0 aliphatic carbocycles. The molecule has 3 atom stereocenters. The Kier molecular flexibility index (Phi) is 23.3. The summed E-state index contributed by atoms with van der Waals surface area (Å²) in [6.45, 7) is 25.6. The molecular weight excluding hydrogens is 1130 g/mol. The molecule has 1 unspecified atom stereocenters. The number of phenolic OH excluding ortho intramolecular Hbond substituents is 1. The predicted octanol–water partition coefficient (Wildman–Crippen LogP) is 5.51. The van der Waals surface area contributed by atoms with Crippen molar-refractivity contribution in [1.82, 2.24) is 30.2 Å². The number of aromatic hydroxyl groups is 1. The quantitative estimate of drug-likeness (QED) is 0.108. The van der Waals surface area contributed by atoms with Crippen molar-refractivity contribution in [3.8, 4) is 5.75 Å². The summed E-state index contributed by atoms with van der Waals surface area (Å²) >= 11 is 4.03. The highest BCUT2D eigenvalue weighted by atomic mass is 127.